The van der Waals surface area contributed by atoms with E-state index in [1.54, 1.807) is 36.4 Å². The number of benzene rings is 2. The summed E-state index contributed by atoms with van der Waals surface area (Å²) in [6, 6.07) is 10.2. The van der Waals surface area contributed by atoms with Crippen molar-refractivity contribution in [2.45, 2.75) is 9.79 Å². The molecule has 2 rings (SSSR count). The van der Waals surface area contributed by atoms with Crippen LogP contribution in [0.15, 0.2) is 46.2 Å². The summed E-state index contributed by atoms with van der Waals surface area (Å²) in [4.78, 5) is 24.3. The molecule has 0 atom stereocenters. The lowest BCUT2D eigenvalue weighted by molar-refractivity contribution is 0.0596. The molecule has 0 aliphatic rings. The highest BCUT2D eigenvalue weighted by Crippen LogP contribution is 2.39. The van der Waals surface area contributed by atoms with E-state index in [9.17, 15) is 9.59 Å². The van der Waals surface area contributed by atoms with Crippen molar-refractivity contribution in [2.24, 2.45) is 0 Å². The number of methoxy groups -OCH3 is 2. The third-order valence-corrected chi connectivity index (χ3v) is 4.56. The lowest BCUT2D eigenvalue weighted by Crippen LogP contribution is -2.03. The Kier molecular flexibility index (Phi) is 5.46. The molecule has 0 aromatic heterocycles. The zero-order chi connectivity index (χ0) is 16.1. The number of ether oxygens (including phenoxy) is 2. The highest BCUT2D eigenvalue weighted by atomic mass is 35.5. The summed E-state index contributed by atoms with van der Waals surface area (Å²) in [6.07, 6.45) is 0.706. The molecule has 22 heavy (non-hydrogen) atoms. The molecule has 114 valence electrons. The Hall–Kier alpha value is -1.98. The Morgan fingerprint density at radius 1 is 1.23 bits per heavy atom. The molecular formula is C16H13ClO4S. The first-order chi connectivity index (χ1) is 10.6. The van der Waals surface area contributed by atoms with Crippen molar-refractivity contribution < 1.29 is 19.1 Å². The smallest absolute Gasteiger partial charge is 0.339 e. The third-order valence-electron chi connectivity index (χ3n) is 2.91. The van der Waals surface area contributed by atoms with Crippen LogP contribution in [0.2, 0.25) is 5.02 Å². The topological polar surface area (TPSA) is 52.6 Å². The standard InChI is InChI=1S/C16H13ClO4S/c1-20-11-7-10(9-18)15(13(17)8-11)22-14-6-4-3-5-12(14)16(19)21-2/h3-9H,1-2H3. The predicted octanol–water partition coefficient (Wildman–Crippen LogP) is 4.10. The van der Waals surface area contributed by atoms with Crippen LogP contribution in [-0.2, 0) is 4.74 Å². The minimum atomic E-state index is -0.444. The van der Waals surface area contributed by atoms with Gasteiger partial charge >= 0.3 is 5.97 Å². The molecule has 0 saturated heterocycles. The number of rotatable bonds is 5. The van der Waals surface area contributed by atoms with Crippen molar-refractivity contribution in [1.29, 1.82) is 0 Å². The van der Waals surface area contributed by atoms with Gasteiger partial charge in [-0.1, -0.05) is 35.5 Å². The van der Waals surface area contributed by atoms with E-state index in [1.165, 1.54) is 26.0 Å². The monoisotopic (exact) mass is 336 g/mol. The van der Waals surface area contributed by atoms with Crippen LogP contribution in [0.5, 0.6) is 5.75 Å². The molecule has 0 spiro atoms. The fraction of sp³-hybridized carbons (Fsp3) is 0.125. The van der Waals surface area contributed by atoms with E-state index >= 15 is 0 Å². The van der Waals surface area contributed by atoms with Crippen molar-refractivity contribution in [3.05, 3.63) is 52.5 Å². The molecule has 0 aliphatic heterocycles. The summed E-state index contributed by atoms with van der Waals surface area (Å²) in [5.74, 6) is 0.0538. The molecular weight excluding hydrogens is 324 g/mol. The van der Waals surface area contributed by atoms with Crippen LogP contribution < -0.4 is 4.74 Å². The van der Waals surface area contributed by atoms with Crippen molar-refractivity contribution in [3.8, 4) is 5.75 Å². The van der Waals surface area contributed by atoms with Gasteiger partial charge in [0.25, 0.3) is 0 Å². The van der Waals surface area contributed by atoms with Crippen LogP contribution in [0, 0.1) is 0 Å². The second-order valence-electron chi connectivity index (χ2n) is 4.24. The maximum absolute atomic E-state index is 11.8. The van der Waals surface area contributed by atoms with Crippen LogP contribution >= 0.6 is 23.4 Å². The van der Waals surface area contributed by atoms with E-state index in [4.69, 9.17) is 21.1 Å². The average Bonchev–Trinajstić information content (AvgIpc) is 2.56. The maximum atomic E-state index is 11.8. The van der Waals surface area contributed by atoms with Gasteiger partial charge in [0, 0.05) is 15.4 Å². The summed E-state index contributed by atoms with van der Waals surface area (Å²) in [6.45, 7) is 0. The van der Waals surface area contributed by atoms with Crippen molar-refractivity contribution in [3.63, 3.8) is 0 Å². The van der Waals surface area contributed by atoms with Gasteiger partial charge in [0.05, 0.1) is 24.8 Å². The Morgan fingerprint density at radius 2 is 1.95 bits per heavy atom. The second-order valence-corrected chi connectivity index (χ2v) is 5.69. The molecule has 0 bridgehead atoms. The van der Waals surface area contributed by atoms with Gasteiger partial charge in [-0.15, -0.1) is 0 Å². The average molecular weight is 337 g/mol. The van der Waals surface area contributed by atoms with Gasteiger partial charge in [0.1, 0.15) is 5.75 Å². The van der Waals surface area contributed by atoms with Gasteiger partial charge in [0.2, 0.25) is 0 Å². The van der Waals surface area contributed by atoms with E-state index in [0.29, 0.717) is 38.0 Å². The van der Waals surface area contributed by atoms with Crippen molar-refractivity contribution in [1.82, 2.24) is 0 Å². The third kappa shape index (κ3) is 3.43. The molecule has 6 heteroatoms. The van der Waals surface area contributed by atoms with E-state index < -0.39 is 5.97 Å². The normalized spacial score (nSPS) is 10.1. The molecule has 0 fully saturated rings. The molecule has 2 aromatic carbocycles. The van der Waals surface area contributed by atoms with Gasteiger partial charge in [-0.05, 0) is 24.3 Å². The molecule has 0 amide bonds. The number of carbonyl (C=O) groups excluding carboxylic acids is 2. The minimum Gasteiger partial charge on any atom is -0.497 e. The molecule has 0 saturated carbocycles. The predicted molar refractivity (Wildman–Crippen MR) is 85.3 cm³/mol. The summed E-state index contributed by atoms with van der Waals surface area (Å²) < 4.78 is 9.86. The molecule has 4 nitrogen and oxygen atoms in total. The largest absolute Gasteiger partial charge is 0.497 e. The summed E-state index contributed by atoms with van der Waals surface area (Å²) in [5, 5.41) is 0.381. The number of esters is 1. The number of hydrogen-bond acceptors (Lipinski definition) is 5. The van der Waals surface area contributed by atoms with Gasteiger partial charge in [-0.2, -0.15) is 0 Å². The van der Waals surface area contributed by atoms with Crippen LogP contribution in [0.25, 0.3) is 0 Å². The van der Waals surface area contributed by atoms with Gasteiger partial charge in [0.15, 0.2) is 6.29 Å². The quantitative estimate of drug-likeness (QED) is 0.607. The lowest BCUT2D eigenvalue weighted by atomic mass is 10.2. The second kappa shape index (κ2) is 7.33. The zero-order valence-electron chi connectivity index (χ0n) is 12.0. The zero-order valence-corrected chi connectivity index (χ0v) is 13.5. The maximum Gasteiger partial charge on any atom is 0.339 e. The SMILES string of the molecule is COC(=O)c1ccccc1Sc1c(Cl)cc(OC)cc1C=O. The lowest BCUT2D eigenvalue weighted by Gasteiger charge is -2.12. The Balaban J connectivity index is 2.48. The first-order valence-electron chi connectivity index (χ1n) is 6.28. The van der Waals surface area contributed by atoms with E-state index in [-0.39, 0.29) is 0 Å². The van der Waals surface area contributed by atoms with Gasteiger partial charge < -0.3 is 9.47 Å². The Bertz CT molecular complexity index is 715. The molecule has 0 aliphatic carbocycles. The van der Waals surface area contributed by atoms with Crippen LogP contribution in [-0.4, -0.2) is 26.5 Å². The van der Waals surface area contributed by atoms with E-state index in [1.807, 2.05) is 0 Å². The van der Waals surface area contributed by atoms with Crippen LogP contribution in [0.4, 0.5) is 0 Å². The molecule has 0 unspecified atom stereocenters. The Morgan fingerprint density at radius 3 is 2.59 bits per heavy atom. The van der Waals surface area contributed by atoms with Crippen LogP contribution in [0.1, 0.15) is 20.7 Å². The summed E-state index contributed by atoms with van der Waals surface area (Å²) >= 11 is 7.47. The summed E-state index contributed by atoms with van der Waals surface area (Å²) in [7, 11) is 2.82. The number of carbonyl (C=O) groups is 2. The minimum absolute atomic E-state index is 0.381. The Labute approximate surface area is 137 Å². The molecule has 0 radical (unpaired) electrons. The molecule has 0 N–H and O–H groups in total. The van der Waals surface area contributed by atoms with E-state index in [2.05, 4.69) is 0 Å². The molecule has 2 aromatic rings. The number of halogens is 1. The van der Waals surface area contributed by atoms with E-state index in [0.717, 1.165) is 0 Å². The molecule has 0 heterocycles. The summed E-state index contributed by atoms with van der Waals surface area (Å²) in [5.41, 5.74) is 0.813. The number of aldehydes is 1. The van der Waals surface area contributed by atoms with Gasteiger partial charge in [-0.3, -0.25) is 4.79 Å². The van der Waals surface area contributed by atoms with Crippen LogP contribution in [0.3, 0.4) is 0 Å². The van der Waals surface area contributed by atoms with Crippen molar-refractivity contribution in [2.75, 3.05) is 14.2 Å². The first-order valence-corrected chi connectivity index (χ1v) is 7.48. The fourth-order valence-electron chi connectivity index (χ4n) is 1.85. The first kappa shape index (κ1) is 16.4. The highest BCUT2D eigenvalue weighted by molar-refractivity contribution is 7.99. The highest BCUT2D eigenvalue weighted by Gasteiger charge is 2.16. The number of hydrogen-bond donors (Lipinski definition) is 0. The fourth-order valence-corrected chi connectivity index (χ4v) is 3.19. The van der Waals surface area contributed by atoms with Gasteiger partial charge in [-0.25, -0.2) is 4.79 Å². The van der Waals surface area contributed by atoms with Crippen molar-refractivity contribution >= 4 is 35.6 Å².